The first-order chi connectivity index (χ1) is 9.97. The number of nitrogens with two attached hydrogens (primary N) is 1. The summed E-state index contributed by atoms with van der Waals surface area (Å²) in [5.74, 6) is -0.257. The zero-order chi connectivity index (χ0) is 15.1. The van der Waals surface area contributed by atoms with Gasteiger partial charge in [0, 0.05) is 16.5 Å². The molecule has 1 atom stereocenters. The standard InChI is InChI=1S/C17H15F2NO/c1-9-3-5-14(19)13(7-9)16(20)17-10(2)12-8-11(18)4-6-15(12)21-17/h3-8,16H,20H2,1-2H3. The first kappa shape index (κ1) is 13.8. The second-order valence-electron chi connectivity index (χ2n) is 5.23. The molecule has 0 amide bonds. The number of hydrogen-bond donors (Lipinski definition) is 1. The second kappa shape index (κ2) is 4.97. The maximum Gasteiger partial charge on any atom is 0.134 e. The van der Waals surface area contributed by atoms with Gasteiger partial charge in [-0.2, -0.15) is 0 Å². The minimum atomic E-state index is -0.722. The fraction of sp³-hybridized carbons (Fsp3) is 0.176. The molecule has 3 aromatic rings. The molecule has 21 heavy (non-hydrogen) atoms. The van der Waals surface area contributed by atoms with Crippen LogP contribution in [0.3, 0.4) is 0 Å². The largest absolute Gasteiger partial charge is 0.459 e. The van der Waals surface area contributed by atoms with Crippen LogP contribution in [0.5, 0.6) is 0 Å². The molecular weight excluding hydrogens is 272 g/mol. The quantitative estimate of drug-likeness (QED) is 0.760. The first-order valence-electron chi connectivity index (χ1n) is 6.67. The van der Waals surface area contributed by atoms with E-state index in [0.29, 0.717) is 22.3 Å². The van der Waals surface area contributed by atoms with E-state index in [1.807, 2.05) is 6.92 Å². The van der Waals surface area contributed by atoms with Crippen molar-refractivity contribution in [3.05, 3.63) is 70.5 Å². The van der Waals surface area contributed by atoms with Crippen LogP contribution in [-0.4, -0.2) is 0 Å². The third-order valence-electron chi connectivity index (χ3n) is 3.70. The SMILES string of the molecule is Cc1ccc(F)c(C(N)c2oc3ccc(F)cc3c2C)c1. The molecule has 0 saturated heterocycles. The topological polar surface area (TPSA) is 39.2 Å². The third-order valence-corrected chi connectivity index (χ3v) is 3.70. The molecule has 0 aliphatic carbocycles. The average Bonchev–Trinajstić information content (AvgIpc) is 2.78. The zero-order valence-corrected chi connectivity index (χ0v) is 11.8. The average molecular weight is 287 g/mol. The zero-order valence-electron chi connectivity index (χ0n) is 11.8. The highest BCUT2D eigenvalue weighted by Crippen LogP contribution is 2.33. The van der Waals surface area contributed by atoms with Gasteiger partial charge in [-0.25, -0.2) is 8.78 Å². The molecule has 2 nitrogen and oxygen atoms in total. The van der Waals surface area contributed by atoms with Crippen LogP contribution in [0.2, 0.25) is 0 Å². The Balaban J connectivity index is 2.15. The molecule has 108 valence electrons. The van der Waals surface area contributed by atoms with Gasteiger partial charge in [0.1, 0.15) is 23.0 Å². The number of halogens is 2. The van der Waals surface area contributed by atoms with E-state index in [4.69, 9.17) is 10.2 Å². The van der Waals surface area contributed by atoms with Crippen molar-refractivity contribution < 1.29 is 13.2 Å². The molecule has 0 saturated carbocycles. The molecule has 1 aromatic heterocycles. The van der Waals surface area contributed by atoms with Crippen LogP contribution in [0.4, 0.5) is 8.78 Å². The molecule has 0 bridgehead atoms. The second-order valence-corrected chi connectivity index (χ2v) is 5.23. The number of benzene rings is 2. The molecular formula is C17H15F2NO. The smallest absolute Gasteiger partial charge is 0.134 e. The Morgan fingerprint density at radius 3 is 2.57 bits per heavy atom. The van der Waals surface area contributed by atoms with Crippen molar-refractivity contribution >= 4 is 11.0 Å². The summed E-state index contributed by atoms with van der Waals surface area (Å²) in [5.41, 5.74) is 8.73. The van der Waals surface area contributed by atoms with Gasteiger partial charge in [0.15, 0.2) is 0 Å². The van der Waals surface area contributed by atoms with Crippen molar-refractivity contribution in [1.82, 2.24) is 0 Å². The normalized spacial score (nSPS) is 12.8. The van der Waals surface area contributed by atoms with E-state index in [9.17, 15) is 8.78 Å². The van der Waals surface area contributed by atoms with E-state index >= 15 is 0 Å². The van der Waals surface area contributed by atoms with Gasteiger partial charge in [0.05, 0.1) is 6.04 Å². The van der Waals surface area contributed by atoms with Crippen molar-refractivity contribution in [3.63, 3.8) is 0 Å². The Bertz CT molecular complexity index is 823. The molecule has 2 aromatic carbocycles. The molecule has 0 fully saturated rings. The van der Waals surface area contributed by atoms with E-state index in [0.717, 1.165) is 11.1 Å². The Hall–Kier alpha value is -2.20. The van der Waals surface area contributed by atoms with Crippen molar-refractivity contribution in [3.8, 4) is 0 Å². The minimum absolute atomic E-state index is 0.340. The summed E-state index contributed by atoms with van der Waals surface area (Å²) in [6.07, 6.45) is 0. The number of fused-ring (bicyclic) bond motifs is 1. The third kappa shape index (κ3) is 2.32. The fourth-order valence-corrected chi connectivity index (χ4v) is 2.55. The summed E-state index contributed by atoms with van der Waals surface area (Å²) in [6, 6.07) is 8.34. The Morgan fingerprint density at radius 1 is 1.05 bits per heavy atom. The Kier molecular flexibility index (Phi) is 3.26. The lowest BCUT2D eigenvalue weighted by Gasteiger charge is -2.12. The molecule has 0 aliphatic heterocycles. The fourth-order valence-electron chi connectivity index (χ4n) is 2.55. The van der Waals surface area contributed by atoms with E-state index < -0.39 is 6.04 Å². The summed E-state index contributed by atoms with van der Waals surface area (Å²) in [4.78, 5) is 0. The number of hydrogen-bond acceptors (Lipinski definition) is 2. The highest BCUT2D eigenvalue weighted by atomic mass is 19.1. The van der Waals surface area contributed by atoms with E-state index in [1.54, 1.807) is 25.1 Å². The van der Waals surface area contributed by atoms with Gasteiger partial charge in [-0.15, -0.1) is 0 Å². The van der Waals surface area contributed by atoms with Crippen LogP contribution in [0.1, 0.15) is 28.5 Å². The van der Waals surface area contributed by atoms with E-state index in [2.05, 4.69) is 0 Å². The lowest BCUT2D eigenvalue weighted by Crippen LogP contribution is -2.14. The molecule has 3 rings (SSSR count). The number of rotatable bonds is 2. The number of aryl methyl sites for hydroxylation is 2. The van der Waals surface area contributed by atoms with Crippen molar-refractivity contribution in [1.29, 1.82) is 0 Å². The Morgan fingerprint density at radius 2 is 1.81 bits per heavy atom. The molecule has 0 spiro atoms. The maximum absolute atomic E-state index is 14.0. The molecule has 1 heterocycles. The number of furan rings is 1. The van der Waals surface area contributed by atoms with Crippen LogP contribution in [0.15, 0.2) is 40.8 Å². The minimum Gasteiger partial charge on any atom is -0.459 e. The summed E-state index contributed by atoms with van der Waals surface area (Å²) < 4.78 is 33.0. The van der Waals surface area contributed by atoms with Gasteiger partial charge in [-0.05, 0) is 38.1 Å². The van der Waals surface area contributed by atoms with Gasteiger partial charge in [-0.3, -0.25) is 0 Å². The summed E-state index contributed by atoms with van der Waals surface area (Å²) in [6.45, 7) is 3.67. The van der Waals surface area contributed by atoms with Gasteiger partial charge in [0.2, 0.25) is 0 Å². The lowest BCUT2D eigenvalue weighted by atomic mass is 9.99. The van der Waals surface area contributed by atoms with Crippen molar-refractivity contribution in [2.24, 2.45) is 5.73 Å². The molecule has 0 radical (unpaired) electrons. The molecule has 4 heteroatoms. The lowest BCUT2D eigenvalue weighted by molar-refractivity contribution is 0.506. The maximum atomic E-state index is 14.0. The summed E-state index contributed by atoms with van der Waals surface area (Å²) >= 11 is 0. The van der Waals surface area contributed by atoms with Gasteiger partial charge in [0.25, 0.3) is 0 Å². The predicted octanol–water partition coefficient (Wildman–Crippen LogP) is 4.38. The van der Waals surface area contributed by atoms with Crippen molar-refractivity contribution in [2.45, 2.75) is 19.9 Å². The Labute approximate surface area is 121 Å². The van der Waals surface area contributed by atoms with Crippen LogP contribution in [-0.2, 0) is 0 Å². The highest BCUT2D eigenvalue weighted by molar-refractivity contribution is 5.82. The monoisotopic (exact) mass is 287 g/mol. The highest BCUT2D eigenvalue weighted by Gasteiger charge is 2.21. The molecule has 2 N–H and O–H groups in total. The van der Waals surface area contributed by atoms with E-state index in [1.165, 1.54) is 18.2 Å². The molecule has 1 unspecified atom stereocenters. The van der Waals surface area contributed by atoms with Crippen LogP contribution >= 0.6 is 0 Å². The molecule has 0 aliphatic rings. The predicted molar refractivity (Wildman–Crippen MR) is 78.1 cm³/mol. The van der Waals surface area contributed by atoms with Gasteiger partial charge < -0.3 is 10.2 Å². The van der Waals surface area contributed by atoms with Crippen LogP contribution in [0, 0.1) is 25.5 Å². The summed E-state index contributed by atoms with van der Waals surface area (Å²) in [5, 5.41) is 0.661. The first-order valence-corrected chi connectivity index (χ1v) is 6.67. The van der Waals surface area contributed by atoms with E-state index in [-0.39, 0.29) is 11.6 Å². The van der Waals surface area contributed by atoms with Crippen LogP contribution < -0.4 is 5.73 Å². The van der Waals surface area contributed by atoms with Crippen molar-refractivity contribution in [2.75, 3.05) is 0 Å². The summed E-state index contributed by atoms with van der Waals surface area (Å²) in [7, 11) is 0. The van der Waals surface area contributed by atoms with Gasteiger partial charge in [-0.1, -0.05) is 17.7 Å². The van der Waals surface area contributed by atoms with Gasteiger partial charge >= 0.3 is 0 Å². The van der Waals surface area contributed by atoms with Crippen LogP contribution in [0.25, 0.3) is 11.0 Å².